The smallest absolute Gasteiger partial charge is 0.227 e. The van der Waals surface area contributed by atoms with E-state index in [1.165, 1.54) is 0 Å². The van der Waals surface area contributed by atoms with Crippen molar-refractivity contribution in [2.45, 2.75) is 26.3 Å². The van der Waals surface area contributed by atoms with Gasteiger partial charge in [-0.1, -0.05) is 19.1 Å². The topological polar surface area (TPSA) is 67.9 Å². The molecule has 0 unspecified atom stereocenters. The molecule has 0 spiro atoms. The number of hydrogen-bond donors (Lipinski definition) is 1. The molecular formula is C22H26N2O4. The van der Waals surface area contributed by atoms with Crippen molar-refractivity contribution in [3.63, 3.8) is 0 Å². The third kappa shape index (κ3) is 4.82. The summed E-state index contributed by atoms with van der Waals surface area (Å²) in [6.07, 6.45) is 1.19. The zero-order valence-electron chi connectivity index (χ0n) is 16.3. The number of anilines is 1. The van der Waals surface area contributed by atoms with Gasteiger partial charge in [-0.25, -0.2) is 0 Å². The van der Waals surface area contributed by atoms with E-state index < -0.39 is 0 Å². The van der Waals surface area contributed by atoms with Crippen molar-refractivity contribution in [3.8, 4) is 11.5 Å². The fraction of sp³-hybridized carbons (Fsp3) is 0.364. The summed E-state index contributed by atoms with van der Waals surface area (Å²) in [6.45, 7) is 3.57. The summed E-state index contributed by atoms with van der Waals surface area (Å²) in [4.78, 5) is 26.5. The van der Waals surface area contributed by atoms with Crippen LogP contribution in [0, 0.1) is 5.92 Å². The normalized spacial score (nSPS) is 16.1. The van der Waals surface area contributed by atoms with Crippen LogP contribution in [-0.4, -0.2) is 32.1 Å². The molecular weight excluding hydrogens is 356 g/mol. The van der Waals surface area contributed by atoms with Crippen molar-refractivity contribution in [1.29, 1.82) is 0 Å². The predicted molar refractivity (Wildman–Crippen MR) is 108 cm³/mol. The van der Waals surface area contributed by atoms with Crippen molar-refractivity contribution < 1.29 is 19.1 Å². The highest BCUT2D eigenvalue weighted by Gasteiger charge is 2.34. The minimum absolute atomic E-state index is 0.0391. The molecule has 3 rings (SSSR count). The molecule has 1 fully saturated rings. The Morgan fingerprint density at radius 3 is 2.43 bits per heavy atom. The lowest BCUT2D eigenvalue weighted by Gasteiger charge is -2.17. The predicted octanol–water partition coefficient (Wildman–Crippen LogP) is 3.15. The molecule has 1 atom stereocenters. The second-order valence-electron chi connectivity index (χ2n) is 6.81. The molecule has 0 aliphatic carbocycles. The molecule has 0 aromatic heterocycles. The van der Waals surface area contributed by atoms with Crippen molar-refractivity contribution in [3.05, 3.63) is 54.1 Å². The molecule has 148 valence electrons. The van der Waals surface area contributed by atoms with Gasteiger partial charge in [0.2, 0.25) is 11.8 Å². The first-order chi connectivity index (χ1) is 13.6. The molecule has 1 heterocycles. The van der Waals surface area contributed by atoms with Gasteiger partial charge in [0.05, 0.1) is 19.6 Å². The van der Waals surface area contributed by atoms with Gasteiger partial charge in [0.1, 0.15) is 11.5 Å². The lowest BCUT2D eigenvalue weighted by molar-refractivity contribution is -0.126. The lowest BCUT2D eigenvalue weighted by atomic mass is 10.1. The van der Waals surface area contributed by atoms with Gasteiger partial charge in [-0.05, 0) is 48.4 Å². The molecule has 1 saturated heterocycles. The van der Waals surface area contributed by atoms with Gasteiger partial charge in [0, 0.05) is 25.2 Å². The van der Waals surface area contributed by atoms with Crippen LogP contribution >= 0.6 is 0 Å². The first-order valence-electron chi connectivity index (χ1n) is 9.54. The summed E-state index contributed by atoms with van der Waals surface area (Å²) in [5.41, 5.74) is 1.78. The molecule has 0 bridgehead atoms. The van der Waals surface area contributed by atoms with Gasteiger partial charge < -0.3 is 19.7 Å². The quantitative estimate of drug-likeness (QED) is 0.762. The number of rotatable bonds is 8. The van der Waals surface area contributed by atoms with E-state index in [1.807, 2.05) is 48.5 Å². The zero-order chi connectivity index (χ0) is 19.9. The number of nitrogens with one attached hydrogen (secondary N) is 1. The maximum Gasteiger partial charge on any atom is 0.227 e. The molecule has 1 aliphatic rings. The number of ether oxygens (including phenoxy) is 2. The minimum Gasteiger partial charge on any atom is -0.497 e. The number of nitrogens with zero attached hydrogens (tertiary/aromatic N) is 1. The summed E-state index contributed by atoms with van der Waals surface area (Å²) in [6, 6.07) is 15.0. The van der Waals surface area contributed by atoms with E-state index in [-0.39, 0.29) is 24.2 Å². The van der Waals surface area contributed by atoms with E-state index in [4.69, 9.17) is 9.47 Å². The average molecular weight is 382 g/mol. The second kappa shape index (κ2) is 9.26. The fourth-order valence-corrected chi connectivity index (χ4v) is 3.15. The Kier molecular flexibility index (Phi) is 6.53. The largest absolute Gasteiger partial charge is 0.497 e. The van der Waals surface area contributed by atoms with Crippen LogP contribution in [0.4, 0.5) is 5.69 Å². The third-order valence-corrected chi connectivity index (χ3v) is 4.74. The average Bonchev–Trinajstić information content (AvgIpc) is 3.13. The number of carbonyl (C=O) groups is 2. The van der Waals surface area contributed by atoms with Crippen molar-refractivity contribution in [2.24, 2.45) is 5.92 Å². The van der Waals surface area contributed by atoms with Crippen LogP contribution in [-0.2, 0) is 16.1 Å². The molecule has 2 aromatic rings. The molecule has 0 radical (unpaired) electrons. The third-order valence-electron chi connectivity index (χ3n) is 4.74. The first-order valence-corrected chi connectivity index (χ1v) is 9.54. The van der Waals surface area contributed by atoms with Crippen LogP contribution in [0.15, 0.2) is 48.5 Å². The molecule has 2 amide bonds. The highest BCUT2D eigenvalue weighted by atomic mass is 16.5. The van der Waals surface area contributed by atoms with Gasteiger partial charge in [-0.3, -0.25) is 9.59 Å². The monoisotopic (exact) mass is 382 g/mol. The van der Waals surface area contributed by atoms with E-state index in [0.29, 0.717) is 19.7 Å². The second-order valence-corrected chi connectivity index (χ2v) is 6.81. The van der Waals surface area contributed by atoms with E-state index >= 15 is 0 Å². The molecule has 2 aromatic carbocycles. The molecule has 0 saturated carbocycles. The lowest BCUT2D eigenvalue weighted by Crippen LogP contribution is -2.32. The number of hydrogen-bond acceptors (Lipinski definition) is 4. The molecule has 28 heavy (non-hydrogen) atoms. The van der Waals surface area contributed by atoms with Crippen molar-refractivity contribution in [2.75, 3.05) is 25.2 Å². The van der Waals surface area contributed by atoms with Crippen LogP contribution in [0.5, 0.6) is 11.5 Å². The maximum atomic E-state index is 12.5. The van der Waals surface area contributed by atoms with Gasteiger partial charge >= 0.3 is 0 Å². The Hall–Kier alpha value is -3.02. The van der Waals surface area contributed by atoms with Crippen molar-refractivity contribution >= 4 is 17.5 Å². The Labute approximate surface area is 165 Å². The van der Waals surface area contributed by atoms with E-state index in [1.54, 1.807) is 12.0 Å². The highest BCUT2D eigenvalue weighted by molar-refractivity contribution is 6.00. The number of amides is 2. The zero-order valence-corrected chi connectivity index (χ0v) is 16.3. The standard InChI is InChI=1S/C22H26N2O4/c1-3-12-28-20-8-4-16(5-9-20)14-23-22(26)17-13-21(25)24(15-17)18-6-10-19(27-2)11-7-18/h4-11,17H,3,12-15H2,1-2H3,(H,23,26)/t17-/m0/s1. The Morgan fingerprint density at radius 2 is 1.79 bits per heavy atom. The summed E-state index contributed by atoms with van der Waals surface area (Å²) >= 11 is 0. The summed E-state index contributed by atoms with van der Waals surface area (Å²) in [5, 5.41) is 2.94. The number of methoxy groups -OCH3 is 1. The van der Waals surface area contributed by atoms with E-state index in [9.17, 15) is 9.59 Å². The number of carbonyl (C=O) groups excluding carboxylic acids is 2. The Balaban J connectivity index is 1.52. The van der Waals surface area contributed by atoms with Crippen LogP contribution in [0.1, 0.15) is 25.3 Å². The van der Waals surface area contributed by atoms with Crippen LogP contribution in [0.2, 0.25) is 0 Å². The van der Waals surface area contributed by atoms with Crippen LogP contribution in [0.3, 0.4) is 0 Å². The Morgan fingerprint density at radius 1 is 1.11 bits per heavy atom. The SMILES string of the molecule is CCCOc1ccc(CNC(=O)[C@H]2CC(=O)N(c3ccc(OC)cc3)C2)cc1. The van der Waals surface area contributed by atoms with Crippen LogP contribution in [0.25, 0.3) is 0 Å². The number of benzene rings is 2. The minimum atomic E-state index is -0.346. The van der Waals surface area contributed by atoms with Crippen molar-refractivity contribution in [1.82, 2.24) is 5.32 Å². The molecule has 6 nitrogen and oxygen atoms in total. The Bertz CT molecular complexity index is 802. The molecule has 1 aliphatic heterocycles. The van der Waals surface area contributed by atoms with Gasteiger partial charge in [-0.2, -0.15) is 0 Å². The van der Waals surface area contributed by atoms with E-state index in [0.717, 1.165) is 29.2 Å². The van der Waals surface area contributed by atoms with Crippen LogP contribution < -0.4 is 19.7 Å². The maximum absolute atomic E-state index is 12.5. The van der Waals surface area contributed by atoms with Gasteiger partial charge in [-0.15, -0.1) is 0 Å². The van der Waals surface area contributed by atoms with Gasteiger partial charge in [0.15, 0.2) is 0 Å². The first kappa shape index (κ1) is 19.7. The summed E-state index contributed by atoms with van der Waals surface area (Å²) in [7, 11) is 1.60. The van der Waals surface area contributed by atoms with Gasteiger partial charge in [0.25, 0.3) is 0 Å². The van der Waals surface area contributed by atoms with E-state index in [2.05, 4.69) is 12.2 Å². The fourth-order valence-electron chi connectivity index (χ4n) is 3.15. The summed E-state index contributed by atoms with van der Waals surface area (Å²) in [5.74, 6) is 1.07. The summed E-state index contributed by atoms with van der Waals surface area (Å²) < 4.78 is 10.7. The molecule has 1 N–H and O–H groups in total. The molecule has 6 heteroatoms. The highest BCUT2D eigenvalue weighted by Crippen LogP contribution is 2.27.